The van der Waals surface area contributed by atoms with Crippen molar-refractivity contribution < 1.29 is 0 Å². The summed E-state index contributed by atoms with van der Waals surface area (Å²) in [6.45, 7) is 0. The van der Waals surface area contributed by atoms with Gasteiger partial charge in [-0.3, -0.25) is 0 Å². The summed E-state index contributed by atoms with van der Waals surface area (Å²) in [4.78, 5) is 0. The van der Waals surface area contributed by atoms with Crippen molar-refractivity contribution in [3.8, 4) is 39.4 Å². The van der Waals surface area contributed by atoms with E-state index in [2.05, 4.69) is 115 Å². The van der Waals surface area contributed by atoms with E-state index in [4.69, 9.17) is 0 Å². The van der Waals surface area contributed by atoms with Crippen LogP contribution >= 0.6 is 22.7 Å². The van der Waals surface area contributed by atoms with Crippen molar-refractivity contribution in [2.24, 2.45) is 0 Å². The number of nitriles is 1. The van der Waals surface area contributed by atoms with Crippen LogP contribution in [0.25, 0.3) is 73.7 Å². The molecule has 0 saturated carbocycles. The molecule has 2 heterocycles. The Labute approximate surface area is 239 Å². The first-order valence-electron chi connectivity index (χ1n) is 13.2. The maximum absolute atomic E-state index is 9.67. The number of thiophene rings is 2. The third-order valence-electron chi connectivity index (χ3n) is 7.73. The molecule has 1 nitrogen and oxygen atoms in total. The van der Waals surface area contributed by atoms with Crippen LogP contribution in [-0.4, -0.2) is 0 Å². The maximum Gasteiger partial charge on any atom is 0.0991 e. The van der Waals surface area contributed by atoms with Crippen LogP contribution < -0.4 is 0 Å². The molecular formula is C37H21NS2. The fraction of sp³-hybridized carbons (Fsp3) is 0. The zero-order valence-corrected chi connectivity index (χ0v) is 23.0. The van der Waals surface area contributed by atoms with Crippen molar-refractivity contribution in [2.45, 2.75) is 0 Å². The molecule has 0 amide bonds. The van der Waals surface area contributed by atoms with Crippen LogP contribution in [0.1, 0.15) is 5.56 Å². The van der Waals surface area contributed by atoms with E-state index < -0.39 is 0 Å². The van der Waals surface area contributed by atoms with E-state index in [1.165, 1.54) is 62.6 Å². The average Bonchev–Trinajstić information content (AvgIpc) is 3.59. The zero-order valence-electron chi connectivity index (χ0n) is 21.4. The summed E-state index contributed by atoms with van der Waals surface area (Å²) in [5, 5.41) is 14.9. The quantitative estimate of drug-likeness (QED) is 0.217. The highest BCUT2D eigenvalue weighted by Gasteiger charge is 2.16. The van der Waals surface area contributed by atoms with Crippen molar-refractivity contribution >= 4 is 63.0 Å². The van der Waals surface area contributed by atoms with Gasteiger partial charge in [0.05, 0.1) is 11.6 Å². The molecule has 0 aliphatic heterocycles. The minimum absolute atomic E-state index is 0.667. The Balaban J connectivity index is 1.38. The standard InChI is InChI=1S/C37H21NS2/c38-22-23-7-5-8-26(19-23)32-20-24(25-16-18-36-33(21-25)29-10-2-3-13-34(29)39-36)15-17-27(32)30-11-6-12-31-28-9-1-4-14-35(28)40-37(30)31/h1-21H. The third kappa shape index (κ3) is 3.66. The second-order valence-electron chi connectivity index (χ2n) is 10.0. The SMILES string of the molecule is N#Cc1cccc(-c2cc(-c3ccc4sc5ccccc5c4c3)ccc2-c2cccc3c2sc2ccccc23)c1. The summed E-state index contributed by atoms with van der Waals surface area (Å²) in [6.07, 6.45) is 0. The summed E-state index contributed by atoms with van der Waals surface area (Å²) in [5.41, 5.74) is 7.62. The lowest BCUT2D eigenvalue weighted by atomic mass is 9.90. The molecule has 0 spiro atoms. The first kappa shape index (κ1) is 23.2. The van der Waals surface area contributed by atoms with Crippen molar-refractivity contribution in [2.75, 3.05) is 0 Å². The van der Waals surface area contributed by atoms with Gasteiger partial charge in [-0.15, -0.1) is 22.7 Å². The molecule has 8 rings (SSSR count). The molecule has 0 bridgehead atoms. The first-order chi connectivity index (χ1) is 19.8. The molecule has 0 atom stereocenters. The minimum Gasteiger partial charge on any atom is -0.192 e. The molecule has 3 heteroatoms. The van der Waals surface area contributed by atoms with E-state index in [0.717, 1.165) is 11.1 Å². The Hall–Kier alpha value is -4.75. The number of fused-ring (bicyclic) bond motifs is 6. The number of rotatable bonds is 3. The summed E-state index contributed by atoms with van der Waals surface area (Å²) >= 11 is 3.69. The van der Waals surface area contributed by atoms with Crippen LogP contribution in [0.3, 0.4) is 0 Å². The molecule has 0 aliphatic rings. The molecule has 40 heavy (non-hydrogen) atoms. The largest absolute Gasteiger partial charge is 0.192 e. The second-order valence-corrected chi connectivity index (χ2v) is 12.2. The Morgan fingerprint density at radius 1 is 0.425 bits per heavy atom. The third-order valence-corrected chi connectivity index (χ3v) is 10.1. The van der Waals surface area contributed by atoms with E-state index in [1.807, 2.05) is 40.9 Å². The molecule has 8 aromatic rings. The van der Waals surface area contributed by atoms with Crippen molar-refractivity contribution in [1.82, 2.24) is 0 Å². The van der Waals surface area contributed by atoms with Gasteiger partial charge in [0.15, 0.2) is 0 Å². The summed E-state index contributed by atoms with van der Waals surface area (Å²) in [5.74, 6) is 0. The number of hydrogen-bond acceptors (Lipinski definition) is 3. The van der Waals surface area contributed by atoms with Crippen molar-refractivity contribution in [1.29, 1.82) is 5.26 Å². The van der Waals surface area contributed by atoms with E-state index in [-0.39, 0.29) is 0 Å². The lowest BCUT2D eigenvalue weighted by Gasteiger charge is -2.14. The molecular weight excluding hydrogens is 523 g/mol. The van der Waals surface area contributed by atoms with Gasteiger partial charge in [0, 0.05) is 45.9 Å². The predicted molar refractivity (Wildman–Crippen MR) is 173 cm³/mol. The monoisotopic (exact) mass is 543 g/mol. The van der Waals surface area contributed by atoms with Crippen molar-refractivity contribution in [3.05, 3.63) is 133 Å². The summed E-state index contributed by atoms with van der Waals surface area (Å²) in [6, 6.07) is 47.8. The van der Waals surface area contributed by atoms with Crippen LogP contribution in [-0.2, 0) is 0 Å². The van der Waals surface area contributed by atoms with Crippen molar-refractivity contribution in [3.63, 3.8) is 0 Å². The molecule has 0 radical (unpaired) electrons. The lowest BCUT2D eigenvalue weighted by molar-refractivity contribution is 1.48. The van der Waals surface area contributed by atoms with Crippen LogP contribution in [0.15, 0.2) is 127 Å². The molecule has 0 saturated heterocycles. The fourth-order valence-corrected chi connectivity index (χ4v) is 8.14. The average molecular weight is 544 g/mol. The predicted octanol–water partition coefficient (Wildman–Crippen LogP) is 11.3. The van der Waals surface area contributed by atoms with Crippen LogP contribution in [0, 0.1) is 11.3 Å². The topological polar surface area (TPSA) is 23.8 Å². The Bertz CT molecular complexity index is 2290. The van der Waals surface area contributed by atoms with Gasteiger partial charge in [-0.25, -0.2) is 0 Å². The van der Waals surface area contributed by atoms with E-state index in [1.54, 1.807) is 0 Å². The second kappa shape index (κ2) is 9.17. The molecule has 0 aliphatic carbocycles. The Morgan fingerprint density at radius 3 is 1.95 bits per heavy atom. The molecule has 2 aromatic heterocycles. The van der Waals surface area contributed by atoms with Gasteiger partial charge in [-0.2, -0.15) is 5.26 Å². The fourth-order valence-electron chi connectivity index (χ4n) is 5.82. The first-order valence-corrected chi connectivity index (χ1v) is 14.9. The highest BCUT2D eigenvalue weighted by atomic mass is 32.1. The Morgan fingerprint density at radius 2 is 1.10 bits per heavy atom. The Kier molecular flexibility index (Phi) is 5.31. The molecule has 0 unspecified atom stereocenters. The maximum atomic E-state index is 9.67. The number of hydrogen-bond donors (Lipinski definition) is 0. The van der Waals surface area contributed by atoms with Gasteiger partial charge in [0.1, 0.15) is 0 Å². The van der Waals surface area contributed by atoms with E-state index >= 15 is 0 Å². The molecule has 0 N–H and O–H groups in total. The van der Waals surface area contributed by atoms with E-state index in [9.17, 15) is 5.26 Å². The lowest BCUT2D eigenvalue weighted by Crippen LogP contribution is -1.89. The number of benzene rings is 6. The zero-order chi connectivity index (χ0) is 26.6. The van der Waals surface area contributed by atoms with Gasteiger partial charge < -0.3 is 0 Å². The minimum atomic E-state index is 0.667. The summed E-state index contributed by atoms with van der Waals surface area (Å²) < 4.78 is 5.21. The summed E-state index contributed by atoms with van der Waals surface area (Å²) in [7, 11) is 0. The highest BCUT2D eigenvalue weighted by Crippen LogP contribution is 2.44. The van der Waals surface area contributed by atoms with Crippen LogP contribution in [0.4, 0.5) is 0 Å². The van der Waals surface area contributed by atoms with Gasteiger partial charge in [0.25, 0.3) is 0 Å². The van der Waals surface area contributed by atoms with E-state index in [0.29, 0.717) is 5.56 Å². The molecule has 0 fully saturated rings. The molecule has 6 aromatic carbocycles. The normalized spacial score (nSPS) is 11.5. The number of nitrogens with zero attached hydrogens (tertiary/aromatic N) is 1. The van der Waals surface area contributed by atoms with Gasteiger partial charge in [-0.1, -0.05) is 84.9 Å². The van der Waals surface area contributed by atoms with Crippen LogP contribution in [0.2, 0.25) is 0 Å². The van der Waals surface area contributed by atoms with Gasteiger partial charge >= 0.3 is 0 Å². The van der Waals surface area contributed by atoms with Crippen LogP contribution in [0.5, 0.6) is 0 Å². The highest BCUT2D eigenvalue weighted by molar-refractivity contribution is 7.26. The molecule has 186 valence electrons. The van der Waals surface area contributed by atoms with Gasteiger partial charge in [-0.05, 0) is 70.3 Å². The van der Waals surface area contributed by atoms with Gasteiger partial charge in [0.2, 0.25) is 0 Å². The smallest absolute Gasteiger partial charge is 0.0991 e.